The molecule has 0 spiro atoms. The first-order valence-corrected chi connectivity index (χ1v) is 9.67. The summed E-state index contributed by atoms with van der Waals surface area (Å²) in [5.41, 5.74) is 0.692. The number of benzene rings is 2. The summed E-state index contributed by atoms with van der Waals surface area (Å²) in [5.74, 6) is -1.14. The number of carbonyl (C=O) groups excluding carboxylic acids is 2. The van der Waals surface area contributed by atoms with Crippen LogP contribution in [-0.2, 0) is 9.53 Å². The Hall–Kier alpha value is -2.83. The van der Waals surface area contributed by atoms with Crippen molar-refractivity contribution in [3.8, 4) is 0 Å². The quantitative estimate of drug-likeness (QED) is 0.572. The SMILES string of the molecule is C[C@H](OC(=O)c1cc(Cl)ccn1)C(=O)Nc1ccccc1Sc1ccccc1. The van der Waals surface area contributed by atoms with E-state index in [9.17, 15) is 9.59 Å². The fraction of sp³-hybridized carbons (Fsp3) is 0.0952. The number of hydrogen-bond acceptors (Lipinski definition) is 5. The van der Waals surface area contributed by atoms with Gasteiger partial charge in [0, 0.05) is 21.0 Å². The van der Waals surface area contributed by atoms with E-state index in [0.29, 0.717) is 10.7 Å². The lowest BCUT2D eigenvalue weighted by molar-refractivity contribution is -0.123. The molecule has 1 atom stereocenters. The van der Waals surface area contributed by atoms with Gasteiger partial charge in [-0.1, -0.05) is 53.7 Å². The highest BCUT2D eigenvalue weighted by molar-refractivity contribution is 7.99. The van der Waals surface area contributed by atoms with Crippen LogP contribution in [0.25, 0.3) is 0 Å². The molecule has 2 aromatic carbocycles. The number of nitrogens with zero attached hydrogens (tertiary/aromatic N) is 1. The number of ether oxygens (including phenoxy) is 1. The molecular weight excluding hydrogens is 396 g/mol. The van der Waals surface area contributed by atoms with Gasteiger partial charge in [-0.15, -0.1) is 0 Å². The predicted molar refractivity (Wildman–Crippen MR) is 110 cm³/mol. The first-order chi connectivity index (χ1) is 13.5. The normalized spacial score (nSPS) is 11.5. The van der Waals surface area contributed by atoms with E-state index >= 15 is 0 Å². The van der Waals surface area contributed by atoms with Gasteiger partial charge in [0.05, 0.1) is 5.69 Å². The molecule has 0 aliphatic carbocycles. The Labute approximate surface area is 172 Å². The first kappa shape index (κ1) is 19.9. The molecule has 0 aliphatic heterocycles. The molecule has 0 bridgehead atoms. The second-order valence-electron chi connectivity index (χ2n) is 5.81. The molecular formula is C21H17ClN2O3S. The average Bonchev–Trinajstić information content (AvgIpc) is 2.70. The molecule has 7 heteroatoms. The largest absolute Gasteiger partial charge is 0.448 e. The van der Waals surface area contributed by atoms with Crippen molar-refractivity contribution in [3.63, 3.8) is 0 Å². The fourth-order valence-corrected chi connectivity index (χ4v) is 3.38. The van der Waals surface area contributed by atoms with Crippen LogP contribution in [0.5, 0.6) is 0 Å². The molecule has 0 radical (unpaired) electrons. The van der Waals surface area contributed by atoms with Gasteiger partial charge < -0.3 is 10.1 Å². The molecule has 5 nitrogen and oxygen atoms in total. The summed E-state index contributed by atoms with van der Waals surface area (Å²) in [6.45, 7) is 1.50. The third-order valence-corrected chi connectivity index (χ3v) is 5.02. The van der Waals surface area contributed by atoms with E-state index in [1.165, 1.54) is 30.9 Å². The van der Waals surface area contributed by atoms with Crippen LogP contribution in [0.15, 0.2) is 82.7 Å². The highest BCUT2D eigenvalue weighted by Crippen LogP contribution is 2.33. The number of nitrogens with one attached hydrogen (secondary N) is 1. The second-order valence-corrected chi connectivity index (χ2v) is 7.36. The Morgan fingerprint density at radius 3 is 2.54 bits per heavy atom. The van der Waals surface area contributed by atoms with Crippen molar-refractivity contribution >= 4 is 40.9 Å². The molecule has 1 aromatic heterocycles. The summed E-state index contributed by atoms with van der Waals surface area (Å²) >= 11 is 7.38. The van der Waals surface area contributed by atoms with Crippen LogP contribution in [0.3, 0.4) is 0 Å². The zero-order valence-corrected chi connectivity index (χ0v) is 16.5. The van der Waals surface area contributed by atoms with E-state index in [2.05, 4.69) is 10.3 Å². The number of amides is 1. The molecule has 0 saturated heterocycles. The topological polar surface area (TPSA) is 68.3 Å². The molecule has 1 heterocycles. The number of aromatic nitrogens is 1. The van der Waals surface area contributed by atoms with Gasteiger partial charge in [-0.2, -0.15) is 0 Å². The molecule has 0 unspecified atom stereocenters. The standard InChI is InChI=1S/C21H17ClN2O3S/c1-14(27-21(26)18-13-15(22)11-12-23-18)20(25)24-17-9-5-6-10-19(17)28-16-7-3-2-4-8-16/h2-14H,1H3,(H,24,25)/t14-/m0/s1. The summed E-state index contributed by atoms with van der Waals surface area (Å²) in [6.07, 6.45) is 0.406. The number of anilines is 1. The molecule has 3 aromatic rings. The van der Waals surface area contributed by atoms with Gasteiger partial charge in [0.1, 0.15) is 5.69 Å². The van der Waals surface area contributed by atoms with E-state index < -0.39 is 18.0 Å². The minimum Gasteiger partial charge on any atom is -0.448 e. The van der Waals surface area contributed by atoms with Crippen molar-refractivity contribution in [2.45, 2.75) is 22.8 Å². The first-order valence-electron chi connectivity index (χ1n) is 8.48. The van der Waals surface area contributed by atoms with Crippen LogP contribution in [0.2, 0.25) is 5.02 Å². The van der Waals surface area contributed by atoms with Gasteiger partial charge in [0.25, 0.3) is 5.91 Å². The minimum atomic E-state index is -0.997. The lowest BCUT2D eigenvalue weighted by atomic mass is 10.3. The van der Waals surface area contributed by atoms with Crippen molar-refractivity contribution in [3.05, 3.63) is 83.6 Å². The minimum absolute atomic E-state index is 0.0483. The maximum atomic E-state index is 12.5. The Kier molecular flexibility index (Phi) is 6.68. The van der Waals surface area contributed by atoms with E-state index in [-0.39, 0.29) is 5.69 Å². The summed E-state index contributed by atoms with van der Waals surface area (Å²) in [6, 6.07) is 20.2. The molecule has 0 saturated carbocycles. The van der Waals surface area contributed by atoms with Gasteiger partial charge in [0.2, 0.25) is 0 Å². The number of carbonyl (C=O) groups is 2. The van der Waals surface area contributed by atoms with Crippen molar-refractivity contribution in [2.24, 2.45) is 0 Å². The zero-order valence-electron chi connectivity index (χ0n) is 15.0. The van der Waals surface area contributed by atoms with Gasteiger partial charge in [-0.05, 0) is 43.3 Å². The lowest BCUT2D eigenvalue weighted by Gasteiger charge is -2.15. The molecule has 3 rings (SSSR count). The van der Waals surface area contributed by atoms with Crippen LogP contribution < -0.4 is 5.32 Å². The number of para-hydroxylation sites is 1. The summed E-state index contributed by atoms with van der Waals surface area (Å²) in [4.78, 5) is 30.5. The Morgan fingerprint density at radius 1 is 1.07 bits per heavy atom. The number of esters is 1. The number of pyridine rings is 1. The maximum absolute atomic E-state index is 12.5. The molecule has 142 valence electrons. The van der Waals surface area contributed by atoms with Crippen LogP contribution in [0.4, 0.5) is 5.69 Å². The third kappa shape index (κ3) is 5.34. The number of halogens is 1. The molecule has 0 fully saturated rings. The summed E-state index contributed by atoms with van der Waals surface area (Å²) < 4.78 is 5.20. The van der Waals surface area contributed by atoms with Crippen molar-refractivity contribution in [1.29, 1.82) is 0 Å². The molecule has 1 N–H and O–H groups in total. The van der Waals surface area contributed by atoms with E-state index in [0.717, 1.165) is 9.79 Å². The van der Waals surface area contributed by atoms with E-state index in [1.54, 1.807) is 12.1 Å². The van der Waals surface area contributed by atoms with Gasteiger partial charge >= 0.3 is 5.97 Å². The molecule has 0 aliphatic rings. The Morgan fingerprint density at radius 2 is 1.79 bits per heavy atom. The van der Waals surface area contributed by atoms with Crippen molar-refractivity contribution in [2.75, 3.05) is 5.32 Å². The smallest absolute Gasteiger partial charge is 0.357 e. The molecule has 28 heavy (non-hydrogen) atoms. The Bertz CT molecular complexity index is 982. The Balaban J connectivity index is 1.66. The van der Waals surface area contributed by atoms with Crippen LogP contribution in [0.1, 0.15) is 17.4 Å². The summed E-state index contributed by atoms with van der Waals surface area (Å²) in [5, 5.41) is 3.18. The fourth-order valence-electron chi connectivity index (χ4n) is 2.30. The third-order valence-electron chi connectivity index (χ3n) is 3.70. The van der Waals surface area contributed by atoms with Crippen LogP contribution in [-0.4, -0.2) is 23.0 Å². The van der Waals surface area contributed by atoms with E-state index in [1.807, 2.05) is 48.5 Å². The average molecular weight is 413 g/mol. The number of rotatable bonds is 6. The zero-order chi connectivity index (χ0) is 19.9. The lowest BCUT2D eigenvalue weighted by Crippen LogP contribution is -2.30. The monoisotopic (exact) mass is 412 g/mol. The van der Waals surface area contributed by atoms with Gasteiger partial charge in [0.15, 0.2) is 6.10 Å². The molecule has 1 amide bonds. The van der Waals surface area contributed by atoms with Crippen LogP contribution >= 0.6 is 23.4 Å². The highest BCUT2D eigenvalue weighted by atomic mass is 35.5. The highest BCUT2D eigenvalue weighted by Gasteiger charge is 2.21. The summed E-state index contributed by atoms with van der Waals surface area (Å²) in [7, 11) is 0. The van der Waals surface area contributed by atoms with Gasteiger partial charge in [-0.3, -0.25) is 4.79 Å². The predicted octanol–water partition coefficient (Wildman–Crippen LogP) is 5.07. The van der Waals surface area contributed by atoms with Crippen LogP contribution in [0, 0.1) is 0 Å². The van der Waals surface area contributed by atoms with E-state index in [4.69, 9.17) is 16.3 Å². The second kappa shape index (κ2) is 9.39. The van der Waals surface area contributed by atoms with Gasteiger partial charge in [-0.25, -0.2) is 9.78 Å². The number of hydrogen-bond donors (Lipinski definition) is 1. The van der Waals surface area contributed by atoms with Crippen molar-refractivity contribution < 1.29 is 14.3 Å². The van der Waals surface area contributed by atoms with Crippen molar-refractivity contribution in [1.82, 2.24) is 4.98 Å². The maximum Gasteiger partial charge on any atom is 0.357 e.